The van der Waals surface area contributed by atoms with Crippen LogP contribution >= 0.6 is 0 Å². The van der Waals surface area contributed by atoms with Gasteiger partial charge in [-0.2, -0.15) is 8.42 Å². The van der Waals surface area contributed by atoms with Gasteiger partial charge in [-0.25, -0.2) is 4.39 Å². The molecule has 0 aromatic heterocycles. The van der Waals surface area contributed by atoms with Crippen LogP contribution in [0.3, 0.4) is 0 Å². The van der Waals surface area contributed by atoms with Crippen molar-refractivity contribution in [2.24, 2.45) is 5.92 Å². The highest BCUT2D eigenvalue weighted by Gasteiger charge is 2.08. The third-order valence-corrected chi connectivity index (χ3v) is 2.63. The summed E-state index contributed by atoms with van der Waals surface area (Å²) in [5, 5.41) is 0. The number of hydrogen-bond acceptors (Lipinski definition) is 3. The maximum absolute atomic E-state index is 12.6. The fourth-order valence-electron chi connectivity index (χ4n) is 1.32. The average Bonchev–Trinajstić information content (AvgIpc) is 2.18. The van der Waals surface area contributed by atoms with Gasteiger partial charge in [-0.15, -0.1) is 0 Å². The zero-order valence-corrected chi connectivity index (χ0v) is 10.1. The van der Waals surface area contributed by atoms with E-state index in [0.717, 1.165) is 11.8 Å². The normalized spacial score (nSPS) is 13.7. The van der Waals surface area contributed by atoms with Gasteiger partial charge in [-0.05, 0) is 30.0 Å². The first-order valence-electron chi connectivity index (χ1n) is 4.95. The lowest BCUT2D eigenvalue weighted by atomic mass is 10.0. The van der Waals surface area contributed by atoms with Crippen LogP contribution in [-0.2, 0) is 20.7 Å². The second kappa shape index (κ2) is 5.41. The molecule has 0 spiro atoms. The molecule has 0 amide bonds. The van der Waals surface area contributed by atoms with Gasteiger partial charge < -0.3 is 0 Å². The fraction of sp³-hybridized carbons (Fsp3) is 0.455. The van der Waals surface area contributed by atoms with Gasteiger partial charge in [-0.3, -0.25) is 4.18 Å². The molecule has 90 valence electrons. The molecule has 0 radical (unpaired) electrons. The molecular formula is C11H15FO3S. The Labute approximate surface area is 95.4 Å². The summed E-state index contributed by atoms with van der Waals surface area (Å²) >= 11 is 0. The summed E-state index contributed by atoms with van der Waals surface area (Å²) in [5.74, 6) is -0.205. The molecule has 0 saturated carbocycles. The predicted molar refractivity (Wildman–Crippen MR) is 60.1 cm³/mol. The van der Waals surface area contributed by atoms with Gasteiger partial charge in [0.25, 0.3) is 10.1 Å². The predicted octanol–water partition coefficient (Wildman–Crippen LogP) is 1.98. The molecule has 0 fully saturated rings. The summed E-state index contributed by atoms with van der Waals surface area (Å²) in [6.07, 6.45) is 1.69. The second-order valence-electron chi connectivity index (χ2n) is 3.92. The molecule has 1 rings (SSSR count). The molecule has 1 aromatic carbocycles. The molecule has 0 aliphatic rings. The fourth-order valence-corrected chi connectivity index (χ4v) is 1.80. The van der Waals surface area contributed by atoms with Gasteiger partial charge in [0.15, 0.2) is 0 Å². The summed E-state index contributed by atoms with van der Waals surface area (Å²) in [5.41, 5.74) is 0.964. The Balaban J connectivity index is 2.45. The number of benzene rings is 1. The van der Waals surface area contributed by atoms with Crippen molar-refractivity contribution in [3.05, 3.63) is 35.6 Å². The molecule has 0 saturated heterocycles. The van der Waals surface area contributed by atoms with Crippen LogP contribution in [0, 0.1) is 11.7 Å². The van der Waals surface area contributed by atoms with E-state index in [1.165, 1.54) is 12.1 Å². The van der Waals surface area contributed by atoms with E-state index in [2.05, 4.69) is 4.18 Å². The van der Waals surface area contributed by atoms with Crippen LogP contribution in [0.25, 0.3) is 0 Å². The topological polar surface area (TPSA) is 43.4 Å². The van der Waals surface area contributed by atoms with Crippen LogP contribution in [0.4, 0.5) is 4.39 Å². The lowest BCUT2D eigenvalue weighted by Gasteiger charge is -2.10. The molecule has 1 unspecified atom stereocenters. The third kappa shape index (κ3) is 5.23. The Hall–Kier alpha value is -0.940. The van der Waals surface area contributed by atoms with Gasteiger partial charge in [0.1, 0.15) is 5.82 Å². The van der Waals surface area contributed by atoms with Crippen molar-refractivity contribution >= 4 is 10.1 Å². The number of halogens is 1. The van der Waals surface area contributed by atoms with Crippen LogP contribution in [0.15, 0.2) is 24.3 Å². The maximum Gasteiger partial charge on any atom is 0.264 e. The minimum absolute atomic E-state index is 0.0696. The van der Waals surface area contributed by atoms with Crippen molar-refractivity contribution in [3.63, 3.8) is 0 Å². The van der Waals surface area contributed by atoms with Crippen molar-refractivity contribution in [2.45, 2.75) is 13.3 Å². The van der Waals surface area contributed by atoms with E-state index in [0.29, 0.717) is 6.42 Å². The van der Waals surface area contributed by atoms with E-state index in [1.54, 1.807) is 12.1 Å². The van der Waals surface area contributed by atoms with E-state index in [9.17, 15) is 12.8 Å². The minimum atomic E-state index is -3.38. The van der Waals surface area contributed by atoms with Crippen molar-refractivity contribution in [3.8, 4) is 0 Å². The van der Waals surface area contributed by atoms with Crippen molar-refractivity contribution < 1.29 is 17.0 Å². The first kappa shape index (κ1) is 13.1. The highest BCUT2D eigenvalue weighted by Crippen LogP contribution is 2.10. The zero-order chi connectivity index (χ0) is 12.2. The molecule has 0 bridgehead atoms. The third-order valence-electron chi connectivity index (χ3n) is 2.06. The Morgan fingerprint density at radius 2 is 1.88 bits per heavy atom. The largest absolute Gasteiger partial charge is 0.270 e. The quantitative estimate of drug-likeness (QED) is 0.746. The Morgan fingerprint density at radius 3 is 2.38 bits per heavy atom. The summed E-state index contributed by atoms with van der Waals surface area (Å²) < 4.78 is 38.8. The van der Waals surface area contributed by atoms with Gasteiger partial charge in [0.05, 0.1) is 12.9 Å². The molecule has 3 nitrogen and oxygen atoms in total. The van der Waals surface area contributed by atoms with E-state index in [-0.39, 0.29) is 18.3 Å². The monoisotopic (exact) mass is 246 g/mol. The van der Waals surface area contributed by atoms with E-state index < -0.39 is 10.1 Å². The van der Waals surface area contributed by atoms with Crippen molar-refractivity contribution in [1.82, 2.24) is 0 Å². The molecule has 5 heteroatoms. The first-order valence-corrected chi connectivity index (χ1v) is 6.77. The molecular weight excluding hydrogens is 231 g/mol. The summed E-state index contributed by atoms with van der Waals surface area (Å²) in [4.78, 5) is 0. The number of rotatable bonds is 5. The van der Waals surface area contributed by atoms with Crippen LogP contribution in [0.5, 0.6) is 0 Å². The molecule has 16 heavy (non-hydrogen) atoms. The van der Waals surface area contributed by atoms with Crippen LogP contribution in [-0.4, -0.2) is 21.3 Å². The van der Waals surface area contributed by atoms with Gasteiger partial charge in [-0.1, -0.05) is 19.1 Å². The summed E-state index contributed by atoms with van der Waals surface area (Å²) in [6.45, 7) is 2.03. The highest BCUT2D eigenvalue weighted by atomic mass is 32.2. The lowest BCUT2D eigenvalue weighted by Crippen LogP contribution is -2.13. The molecule has 1 aromatic rings. The minimum Gasteiger partial charge on any atom is -0.270 e. The standard InChI is InChI=1S/C11H15FO3S/c1-9(8-15-16(2,13)14)7-10-3-5-11(12)6-4-10/h3-6,9H,7-8H2,1-2H3. The number of hydrogen-bond donors (Lipinski definition) is 0. The Morgan fingerprint density at radius 1 is 1.31 bits per heavy atom. The van der Waals surface area contributed by atoms with E-state index in [1.807, 2.05) is 6.92 Å². The second-order valence-corrected chi connectivity index (χ2v) is 5.57. The summed E-state index contributed by atoms with van der Waals surface area (Å²) in [7, 11) is -3.38. The van der Waals surface area contributed by atoms with Crippen LogP contribution in [0.2, 0.25) is 0 Å². The SMILES string of the molecule is CC(COS(C)(=O)=O)Cc1ccc(F)cc1. The summed E-state index contributed by atoms with van der Waals surface area (Å²) in [6, 6.07) is 6.15. The Kier molecular flexibility index (Phi) is 4.44. The first-order chi connectivity index (χ1) is 7.37. The molecule has 1 atom stereocenters. The average molecular weight is 246 g/mol. The smallest absolute Gasteiger partial charge is 0.264 e. The molecule has 0 N–H and O–H groups in total. The van der Waals surface area contributed by atoms with Crippen LogP contribution in [0.1, 0.15) is 12.5 Å². The molecule has 0 aliphatic carbocycles. The molecule has 0 heterocycles. The Bertz CT molecular complexity index is 425. The maximum atomic E-state index is 12.6. The highest BCUT2D eigenvalue weighted by molar-refractivity contribution is 7.85. The molecule has 0 aliphatic heterocycles. The van der Waals surface area contributed by atoms with E-state index >= 15 is 0 Å². The van der Waals surface area contributed by atoms with Gasteiger partial charge in [0.2, 0.25) is 0 Å². The zero-order valence-electron chi connectivity index (χ0n) is 9.31. The van der Waals surface area contributed by atoms with Crippen molar-refractivity contribution in [1.29, 1.82) is 0 Å². The van der Waals surface area contributed by atoms with Gasteiger partial charge >= 0.3 is 0 Å². The lowest BCUT2D eigenvalue weighted by molar-refractivity contribution is 0.266. The van der Waals surface area contributed by atoms with Crippen LogP contribution < -0.4 is 0 Å². The van der Waals surface area contributed by atoms with Gasteiger partial charge in [0, 0.05) is 0 Å². The van der Waals surface area contributed by atoms with E-state index in [4.69, 9.17) is 0 Å². The van der Waals surface area contributed by atoms with Crippen molar-refractivity contribution in [2.75, 3.05) is 12.9 Å².